The van der Waals surface area contributed by atoms with Gasteiger partial charge in [-0.25, -0.2) is 4.98 Å². The maximum atomic E-state index is 10.3. The third-order valence-electron chi connectivity index (χ3n) is 9.55. The van der Waals surface area contributed by atoms with Crippen molar-refractivity contribution in [1.82, 2.24) is 9.97 Å². The van der Waals surface area contributed by atoms with Crippen molar-refractivity contribution in [3.05, 3.63) is 218 Å². The van der Waals surface area contributed by atoms with Gasteiger partial charge in [-0.1, -0.05) is 187 Å². The zero-order valence-electron chi connectivity index (χ0n) is 66.3. The fourth-order valence-electron chi connectivity index (χ4n) is 6.97. The topological polar surface area (TPSA) is 38.9 Å². The SMILES string of the molecule is [2H]c1nc2c(c([2H])c1[2H])c([2H])c([2H])c1c([2H])c([2H])c(-c3c([2H])c([2H])c(-c4c([2H])c([2H])c([2H])c(-c5oc(-c6c([2H])c7c([2H])c([2H])c([2H])c([2H])c7c7c([2H])c([2H])c([2H])c([2H])c67)c(-c6c([2H])c([2H])c([2H])c([2H])c6[2H])c5-c5c([2H])c([2H])c([2H])c([2H])c5[2H])c4[2H])c4c([2H])c([2H])c([2H])c([2H])c34)nc12. The Bertz CT molecular complexity index is 5730. The molecule has 0 aliphatic rings. The van der Waals surface area contributed by atoms with E-state index in [1.54, 1.807) is 0 Å². The van der Waals surface area contributed by atoms with Crippen molar-refractivity contribution in [2.75, 3.05) is 0 Å². The summed E-state index contributed by atoms with van der Waals surface area (Å²) in [7, 11) is 0. The largest absolute Gasteiger partial charge is 0.455 e. The Morgan fingerprint density at radius 1 is 0.344 bits per heavy atom. The molecule has 61 heavy (non-hydrogen) atoms. The van der Waals surface area contributed by atoms with E-state index in [9.17, 15) is 23.3 Å². The number of pyridine rings is 2. The number of hydrogen-bond acceptors (Lipinski definition) is 3. The summed E-state index contributed by atoms with van der Waals surface area (Å²) in [5, 5.41) is -5.94. The molecule has 0 fully saturated rings. The third kappa shape index (κ3) is 5.82. The second-order valence-corrected chi connectivity index (χ2v) is 12.9. The van der Waals surface area contributed by atoms with Crippen LogP contribution in [0.1, 0.15) is 49.3 Å². The molecule has 0 aliphatic heterocycles. The van der Waals surface area contributed by atoms with Crippen LogP contribution in [0.25, 0.3) is 121 Å². The van der Waals surface area contributed by atoms with Gasteiger partial charge in [-0.05, 0) is 78.7 Å². The first-order chi connectivity index (χ1) is 45.2. The van der Waals surface area contributed by atoms with Gasteiger partial charge in [-0.15, -0.1) is 0 Å². The summed E-state index contributed by atoms with van der Waals surface area (Å²) < 4.78 is 336. The van der Waals surface area contributed by atoms with Crippen LogP contribution in [0, 0.1) is 0 Å². The molecule has 284 valence electrons. The van der Waals surface area contributed by atoms with Gasteiger partial charge in [0, 0.05) is 44.8 Å². The molecule has 0 atom stereocenters. The standard InChI is InChI=1S/C58H36N2O/c1-3-15-37(16-4-1)53-54(38-17-5-2-6-18-38)58(51-36-42-19-7-8-23-44(42)46-24-10-12-27-49(46)51)61-57(53)43-21-13-20-41(35-43)45-31-32-50(48-26-11-9-25-47(45)48)52-33-30-40-29-28-39-22-14-34-59-55(39)56(40)60-52/h1-36H/i1D,2D,3D,4D,5D,6D,7D,8D,9D,10D,11D,12D,13D,14D,15D,16D,17D,18D,19D,20D,21D,22D,23D,24D,25D,26D,27D,28D,29D,30D,31D,32D,33D,34D,35D,36D. The van der Waals surface area contributed by atoms with Crippen LogP contribution in [-0.2, 0) is 0 Å². The number of furan rings is 1. The van der Waals surface area contributed by atoms with E-state index in [2.05, 4.69) is 9.97 Å². The van der Waals surface area contributed by atoms with Crippen molar-refractivity contribution >= 4 is 54.1 Å². The molecule has 0 unspecified atom stereocenters. The predicted octanol–water partition coefficient (Wildman–Crippen LogP) is 15.8. The minimum absolute atomic E-state index is 0.511. The monoisotopic (exact) mass is 813 g/mol. The van der Waals surface area contributed by atoms with E-state index in [-0.39, 0.29) is 0 Å². The number of hydrogen-bond donors (Lipinski definition) is 0. The lowest BCUT2D eigenvalue weighted by atomic mass is 9.88. The van der Waals surface area contributed by atoms with Crippen LogP contribution in [0.4, 0.5) is 0 Å². The summed E-state index contributed by atoms with van der Waals surface area (Å²) in [4.78, 5) is 8.48. The van der Waals surface area contributed by atoms with Gasteiger partial charge in [-0.3, -0.25) is 4.98 Å². The Hall–Kier alpha value is -8.14. The number of benzene rings is 9. The first-order valence-electron chi connectivity index (χ1n) is 35.8. The molecular formula is C58H36N2O. The molecule has 0 radical (unpaired) electrons. The highest BCUT2D eigenvalue weighted by molar-refractivity contribution is 6.16. The van der Waals surface area contributed by atoms with E-state index in [0.29, 0.717) is 0 Å². The van der Waals surface area contributed by atoms with Gasteiger partial charge in [0.05, 0.1) is 66.1 Å². The second-order valence-electron chi connectivity index (χ2n) is 12.9. The van der Waals surface area contributed by atoms with Crippen LogP contribution in [0.3, 0.4) is 0 Å². The van der Waals surface area contributed by atoms with Crippen LogP contribution in [0.15, 0.2) is 222 Å². The van der Waals surface area contributed by atoms with Crippen LogP contribution >= 0.6 is 0 Å². The normalized spacial score (nSPS) is 19.9. The first-order valence-corrected chi connectivity index (χ1v) is 17.8. The Kier molecular flexibility index (Phi) is 3.34. The van der Waals surface area contributed by atoms with E-state index >= 15 is 0 Å². The molecule has 0 N–H and O–H groups in total. The molecule has 0 amide bonds. The Morgan fingerprint density at radius 2 is 0.885 bits per heavy atom. The van der Waals surface area contributed by atoms with E-state index in [1.165, 1.54) is 0 Å². The summed E-state index contributed by atoms with van der Waals surface area (Å²) in [5.41, 5.74) is -11.4. The highest BCUT2D eigenvalue weighted by atomic mass is 16.3. The molecule has 0 aliphatic carbocycles. The number of aromatic nitrogens is 2. The summed E-state index contributed by atoms with van der Waals surface area (Å²) in [6, 6.07) is -37.9. The fraction of sp³-hybridized carbons (Fsp3) is 0. The maximum Gasteiger partial charge on any atom is 0.143 e. The van der Waals surface area contributed by atoms with Gasteiger partial charge in [0.25, 0.3) is 0 Å². The van der Waals surface area contributed by atoms with Crippen molar-refractivity contribution in [3.8, 4) is 67.3 Å². The summed E-state index contributed by atoms with van der Waals surface area (Å²) in [6.45, 7) is 0. The number of nitrogens with zero attached hydrogens (tertiary/aromatic N) is 2. The molecule has 0 spiro atoms. The summed E-state index contributed by atoms with van der Waals surface area (Å²) in [5.74, 6) is -2.40. The molecule has 0 saturated carbocycles. The number of rotatable bonds is 6. The van der Waals surface area contributed by atoms with Crippen LogP contribution in [0.2, 0.25) is 0 Å². The third-order valence-corrected chi connectivity index (χ3v) is 9.55. The smallest absolute Gasteiger partial charge is 0.143 e. The summed E-state index contributed by atoms with van der Waals surface area (Å²) >= 11 is 0. The molecule has 3 heterocycles. The minimum atomic E-state index is -1.34. The zero-order valence-corrected chi connectivity index (χ0v) is 30.3. The lowest BCUT2D eigenvalue weighted by Crippen LogP contribution is -1.91. The van der Waals surface area contributed by atoms with Gasteiger partial charge in [0.15, 0.2) is 0 Å². The average Bonchev–Trinajstić information content (AvgIpc) is 1.69. The molecule has 0 saturated heterocycles. The molecule has 3 heteroatoms. The zero-order chi connectivity index (χ0) is 71.6. The first kappa shape index (κ1) is 14.3. The van der Waals surface area contributed by atoms with Gasteiger partial charge < -0.3 is 4.42 Å². The van der Waals surface area contributed by atoms with Crippen molar-refractivity contribution in [1.29, 1.82) is 0 Å². The molecule has 9 aromatic carbocycles. The maximum absolute atomic E-state index is 10.3. The van der Waals surface area contributed by atoms with Crippen molar-refractivity contribution < 1.29 is 53.8 Å². The van der Waals surface area contributed by atoms with Crippen molar-refractivity contribution in [2.45, 2.75) is 0 Å². The van der Waals surface area contributed by atoms with E-state index < -0.39 is 339 Å². The van der Waals surface area contributed by atoms with Gasteiger partial charge in [0.2, 0.25) is 0 Å². The minimum Gasteiger partial charge on any atom is -0.455 e. The molecular weight excluding hydrogens is 741 g/mol. The number of fused-ring (bicyclic) bond motifs is 7. The predicted molar refractivity (Wildman–Crippen MR) is 254 cm³/mol. The Balaban J connectivity index is 1.34. The van der Waals surface area contributed by atoms with Crippen molar-refractivity contribution in [3.63, 3.8) is 0 Å². The second kappa shape index (κ2) is 14.3. The lowest BCUT2D eigenvalue weighted by molar-refractivity contribution is 0.599. The Labute approximate surface area is 403 Å². The van der Waals surface area contributed by atoms with Crippen LogP contribution in [-0.4, -0.2) is 9.97 Å². The quantitative estimate of drug-likeness (QED) is 0.157. The van der Waals surface area contributed by atoms with Crippen LogP contribution < -0.4 is 0 Å². The lowest BCUT2D eigenvalue weighted by Gasteiger charge is -2.13. The molecule has 12 aromatic rings. The van der Waals surface area contributed by atoms with Gasteiger partial charge in [-0.2, -0.15) is 0 Å². The van der Waals surface area contributed by atoms with Gasteiger partial charge in [0.1, 0.15) is 11.5 Å². The molecule has 3 aromatic heterocycles. The van der Waals surface area contributed by atoms with Crippen LogP contribution in [0.5, 0.6) is 0 Å². The van der Waals surface area contributed by atoms with Gasteiger partial charge >= 0.3 is 0 Å². The molecule has 0 bridgehead atoms. The average molecular weight is 813 g/mol. The summed E-state index contributed by atoms with van der Waals surface area (Å²) in [6.07, 6.45) is -0.836. The van der Waals surface area contributed by atoms with Crippen molar-refractivity contribution in [2.24, 2.45) is 0 Å². The fourth-order valence-corrected chi connectivity index (χ4v) is 6.97. The molecule has 3 nitrogen and oxygen atoms in total. The molecule has 12 rings (SSSR count). The van der Waals surface area contributed by atoms with E-state index in [0.717, 1.165) is 0 Å². The Morgan fingerprint density at radius 3 is 1.64 bits per heavy atom. The highest BCUT2D eigenvalue weighted by Gasteiger charge is 2.27. The van der Waals surface area contributed by atoms with E-state index in [4.69, 9.17) is 30.5 Å². The highest BCUT2D eigenvalue weighted by Crippen LogP contribution is 2.51. The van der Waals surface area contributed by atoms with E-state index in [1.807, 2.05) is 0 Å².